The molecule has 1 rings (SSSR count). The summed E-state index contributed by atoms with van der Waals surface area (Å²) in [5.74, 6) is -1.72. The van der Waals surface area contributed by atoms with E-state index in [1.165, 1.54) is 6.92 Å². The Balaban J connectivity index is 3.11. The zero-order chi connectivity index (χ0) is 15.6. The molecular weight excluding hydrogens is 302 g/mol. The van der Waals surface area contributed by atoms with E-state index in [4.69, 9.17) is 5.11 Å². The molecule has 0 radical (unpaired) electrons. The Kier molecular flexibility index (Phi) is 5.11. The van der Waals surface area contributed by atoms with Gasteiger partial charge in [0.2, 0.25) is 10.0 Å². The summed E-state index contributed by atoms with van der Waals surface area (Å²) < 4.78 is 76.3. The summed E-state index contributed by atoms with van der Waals surface area (Å²) in [6, 6.07) is 1.15. The second kappa shape index (κ2) is 6.06. The molecule has 0 bridgehead atoms. The minimum atomic E-state index is -4.77. The number of benzene rings is 1. The molecule has 0 saturated heterocycles. The van der Waals surface area contributed by atoms with Crippen molar-refractivity contribution in [3.8, 4) is 0 Å². The van der Waals surface area contributed by atoms with Crippen LogP contribution in [0.1, 0.15) is 12.5 Å². The lowest BCUT2D eigenvalue weighted by Gasteiger charge is -2.13. The third kappa shape index (κ3) is 4.15. The van der Waals surface area contributed by atoms with Crippen molar-refractivity contribution in [1.29, 1.82) is 0 Å². The Morgan fingerprint density at radius 1 is 1.35 bits per heavy atom. The van der Waals surface area contributed by atoms with E-state index < -0.39 is 38.4 Å². The average Bonchev–Trinajstić information content (AvgIpc) is 2.34. The predicted octanol–water partition coefficient (Wildman–Crippen LogP) is 1.75. The molecular formula is C11H13F4NO3S. The molecule has 1 unspecified atom stereocenters. The summed E-state index contributed by atoms with van der Waals surface area (Å²) in [5, 5.41) is 8.75. The van der Waals surface area contributed by atoms with Gasteiger partial charge in [0, 0.05) is 13.2 Å². The third-order valence-electron chi connectivity index (χ3n) is 2.48. The molecule has 4 nitrogen and oxygen atoms in total. The number of nitrogens with one attached hydrogen (secondary N) is 1. The third-order valence-corrected chi connectivity index (χ3v) is 3.92. The van der Waals surface area contributed by atoms with Crippen molar-refractivity contribution in [3.05, 3.63) is 29.6 Å². The molecule has 9 heteroatoms. The second-order valence-electron chi connectivity index (χ2n) is 4.28. The van der Waals surface area contributed by atoms with Crippen LogP contribution < -0.4 is 4.72 Å². The van der Waals surface area contributed by atoms with Crippen LogP contribution in [0, 0.1) is 11.7 Å². The van der Waals surface area contributed by atoms with E-state index in [1.54, 1.807) is 0 Å². The highest BCUT2D eigenvalue weighted by Crippen LogP contribution is 2.31. The fourth-order valence-corrected chi connectivity index (χ4v) is 2.55. The minimum Gasteiger partial charge on any atom is -0.396 e. The molecule has 1 atom stereocenters. The van der Waals surface area contributed by atoms with E-state index in [9.17, 15) is 26.0 Å². The summed E-state index contributed by atoms with van der Waals surface area (Å²) in [5.41, 5.74) is -1.26. The summed E-state index contributed by atoms with van der Waals surface area (Å²) in [4.78, 5) is -1.07. The minimum absolute atomic E-state index is 0.214. The van der Waals surface area contributed by atoms with Gasteiger partial charge in [-0.15, -0.1) is 0 Å². The Hall–Kier alpha value is -1.19. The van der Waals surface area contributed by atoms with Crippen LogP contribution in [-0.2, 0) is 16.2 Å². The highest BCUT2D eigenvalue weighted by atomic mass is 32.2. The Morgan fingerprint density at radius 3 is 2.45 bits per heavy atom. The fourth-order valence-electron chi connectivity index (χ4n) is 1.28. The lowest BCUT2D eigenvalue weighted by atomic mass is 10.2. The topological polar surface area (TPSA) is 66.4 Å². The smallest absolute Gasteiger partial charge is 0.396 e. The molecule has 1 aromatic carbocycles. The summed E-state index contributed by atoms with van der Waals surface area (Å²) >= 11 is 0. The molecule has 20 heavy (non-hydrogen) atoms. The van der Waals surface area contributed by atoms with Crippen LogP contribution in [0.5, 0.6) is 0 Å². The van der Waals surface area contributed by atoms with Crippen LogP contribution >= 0.6 is 0 Å². The van der Waals surface area contributed by atoms with Crippen molar-refractivity contribution in [2.24, 2.45) is 5.92 Å². The first-order valence-corrected chi connectivity index (χ1v) is 7.03. The number of halogens is 4. The first-order valence-electron chi connectivity index (χ1n) is 5.55. The molecule has 0 amide bonds. The average molecular weight is 315 g/mol. The van der Waals surface area contributed by atoms with Crippen LogP contribution in [0.4, 0.5) is 17.6 Å². The number of sulfonamides is 1. The van der Waals surface area contributed by atoms with Crippen molar-refractivity contribution < 1.29 is 31.1 Å². The zero-order valence-electron chi connectivity index (χ0n) is 10.4. The maximum absolute atomic E-state index is 13.4. The largest absolute Gasteiger partial charge is 0.416 e. The molecule has 1 aromatic rings. The highest BCUT2D eigenvalue weighted by Gasteiger charge is 2.33. The Morgan fingerprint density at radius 2 is 1.95 bits per heavy atom. The maximum Gasteiger partial charge on any atom is 0.416 e. The Bertz CT molecular complexity index is 572. The summed E-state index contributed by atoms with van der Waals surface area (Å²) in [6.07, 6.45) is -4.77. The van der Waals surface area contributed by atoms with Gasteiger partial charge in [0.1, 0.15) is 10.7 Å². The predicted molar refractivity (Wildman–Crippen MR) is 62.8 cm³/mol. The van der Waals surface area contributed by atoms with Crippen LogP contribution in [0.15, 0.2) is 23.1 Å². The van der Waals surface area contributed by atoms with Crippen LogP contribution in [-0.4, -0.2) is 26.7 Å². The molecule has 0 heterocycles. The van der Waals surface area contributed by atoms with Crippen LogP contribution in [0.2, 0.25) is 0 Å². The zero-order valence-corrected chi connectivity index (χ0v) is 11.2. The lowest BCUT2D eigenvalue weighted by Crippen LogP contribution is -2.30. The fraction of sp³-hybridized carbons (Fsp3) is 0.455. The summed E-state index contributed by atoms with van der Waals surface area (Å²) in [7, 11) is -4.41. The van der Waals surface area contributed by atoms with E-state index in [-0.39, 0.29) is 19.2 Å². The van der Waals surface area contributed by atoms with Crippen molar-refractivity contribution in [2.75, 3.05) is 13.2 Å². The molecule has 0 aliphatic rings. The van der Waals surface area contributed by atoms with Crippen LogP contribution in [0.3, 0.4) is 0 Å². The van der Waals surface area contributed by atoms with E-state index in [2.05, 4.69) is 0 Å². The SMILES string of the molecule is CC(CO)CNS(=O)(=O)c1cc(C(F)(F)F)ccc1F. The van der Waals surface area contributed by atoms with E-state index in [0.717, 1.165) is 0 Å². The van der Waals surface area contributed by atoms with Gasteiger partial charge in [0.25, 0.3) is 0 Å². The standard InChI is InChI=1S/C11H13F4NO3S/c1-7(6-17)5-16-20(18,19)10-4-8(11(13,14)15)2-3-9(10)12/h2-4,7,16-17H,5-6H2,1H3. The van der Waals surface area contributed by atoms with Crippen LogP contribution in [0.25, 0.3) is 0 Å². The van der Waals surface area contributed by atoms with E-state index in [1.807, 2.05) is 4.72 Å². The van der Waals surface area contributed by atoms with Gasteiger partial charge >= 0.3 is 6.18 Å². The van der Waals surface area contributed by atoms with Crippen molar-refractivity contribution in [3.63, 3.8) is 0 Å². The number of aliphatic hydroxyl groups excluding tert-OH is 1. The molecule has 0 spiro atoms. The van der Waals surface area contributed by atoms with E-state index >= 15 is 0 Å². The quantitative estimate of drug-likeness (QED) is 0.814. The van der Waals surface area contributed by atoms with Gasteiger partial charge < -0.3 is 5.11 Å². The van der Waals surface area contributed by atoms with Gasteiger partial charge in [-0.3, -0.25) is 0 Å². The van der Waals surface area contributed by atoms with Crippen molar-refractivity contribution >= 4 is 10.0 Å². The molecule has 2 N–H and O–H groups in total. The molecule has 0 aromatic heterocycles. The Labute approximate surface area is 113 Å². The van der Waals surface area contributed by atoms with E-state index in [0.29, 0.717) is 12.1 Å². The molecule has 0 fully saturated rings. The van der Waals surface area contributed by atoms with Gasteiger partial charge in [-0.2, -0.15) is 13.2 Å². The maximum atomic E-state index is 13.4. The van der Waals surface area contributed by atoms with Gasteiger partial charge in [0.15, 0.2) is 0 Å². The normalized spacial score (nSPS) is 14.3. The molecule has 114 valence electrons. The van der Waals surface area contributed by atoms with Gasteiger partial charge in [0.05, 0.1) is 5.56 Å². The number of aliphatic hydroxyl groups is 1. The molecule has 0 aliphatic heterocycles. The monoisotopic (exact) mass is 315 g/mol. The number of hydrogen-bond acceptors (Lipinski definition) is 3. The highest BCUT2D eigenvalue weighted by molar-refractivity contribution is 7.89. The molecule has 0 aliphatic carbocycles. The number of rotatable bonds is 5. The van der Waals surface area contributed by atoms with Gasteiger partial charge in [-0.1, -0.05) is 6.92 Å². The van der Waals surface area contributed by atoms with Gasteiger partial charge in [-0.25, -0.2) is 17.5 Å². The van der Waals surface area contributed by atoms with Gasteiger partial charge in [-0.05, 0) is 24.1 Å². The first-order chi connectivity index (χ1) is 9.08. The number of alkyl halides is 3. The molecule has 0 saturated carbocycles. The van der Waals surface area contributed by atoms with Crippen molar-refractivity contribution in [1.82, 2.24) is 4.72 Å². The second-order valence-corrected chi connectivity index (χ2v) is 6.02. The number of hydrogen-bond donors (Lipinski definition) is 2. The summed E-state index contributed by atoms with van der Waals surface area (Å²) in [6.45, 7) is 0.993. The first kappa shape index (κ1) is 16.9. The lowest BCUT2D eigenvalue weighted by molar-refractivity contribution is -0.137. The van der Waals surface area contributed by atoms with Crippen molar-refractivity contribution in [2.45, 2.75) is 18.0 Å².